The SMILES string of the molecule is COc1ccc(N2C(=O)CCSC2=O)cc1. The van der Waals surface area contributed by atoms with Crippen LogP contribution in [0, 0.1) is 0 Å². The predicted octanol–water partition coefficient (Wildman–Crippen LogP) is 2.29. The molecule has 0 spiro atoms. The minimum atomic E-state index is -0.207. The van der Waals surface area contributed by atoms with Crippen molar-refractivity contribution in [1.29, 1.82) is 0 Å². The van der Waals surface area contributed by atoms with E-state index in [1.807, 2.05) is 0 Å². The number of anilines is 1. The number of hydrogen-bond acceptors (Lipinski definition) is 4. The number of carbonyl (C=O) groups is 2. The van der Waals surface area contributed by atoms with Crippen LogP contribution in [-0.4, -0.2) is 24.0 Å². The first-order chi connectivity index (χ1) is 7.72. The third-order valence-corrected chi connectivity index (χ3v) is 3.14. The average Bonchev–Trinajstić information content (AvgIpc) is 2.30. The number of amides is 2. The first-order valence-electron chi connectivity index (χ1n) is 4.86. The van der Waals surface area contributed by atoms with E-state index in [1.54, 1.807) is 31.4 Å². The summed E-state index contributed by atoms with van der Waals surface area (Å²) in [7, 11) is 1.57. The summed E-state index contributed by atoms with van der Waals surface area (Å²) in [5, 5.41) is -0.207. The van der Waals surface area contributed by atoms with Gasteiger partial charge in [-0.3, -0.25) is 9.59 Å². The second kappa shape index (κ2) is 4.57. The largest absolute Gasteiger partial charge is 0.497 e. The van der Waals surface area contributed by atoms with Crippen molar-refractivity contribution < 1.29 is 14.3 Å². The van der Waals surface area contributed by atoms with E-state index in [0.717, 1.165) is 0 Å². The van der Waals surface area contributed by atoms with Gasteiger partial charge in [0, 0.05) is 12.2 Å². The maximum Gasteiger partial charge on any atom is 0.292 e. The normalized spacial score (nSPS) is 16.4. The maximum atomic E-state index is 11.6. The summed E-state index contributed by atoms with van der Waals surface area (Å²) < 4.78 is 5.02. The molecule has 0 aromatic heterocycles. The van der Waals surface area contributed by atoms with Gasteiger partial charge in [-0.25, -0.2) is 4.90 Å². The van der Waals surface area contributed by atoms with E-state index in [9.17, 15) is 9.59 Å². The summed E-state index contributed by atoms with van der Waals surface area (Å²) in [5.41, 5.74) is 0.600. The van der Waals surface area contributed by atoms with Crippen molar-refractivity contribution in [2.24, 2.45) is 0 Å². The first-order valence-corrected chi connectivity index (χ1v) is 5.84. The van der Waals surface area contributed by atoms with Gasteiger partial charge in [0.1, 0.15) is 5.75 Å². The highest BCUT2D eigenvalue weighted by Crippen LogP contribution is 2.26. The van der Waals surface area contributed by atoms with Crippen molar-refractivity contribution in [3.8, 4) is 5.75 Å². The van der Waals surface area contributed by atoms with E-state index < -0.39 is 0 Å². The molecule has 0 saturated carbocycles. The molecule has 84 valence electrons. The van der Waals surface area contributed by atoms with E-state index in [4.69, 9.17) is 4.74 Å². The Morgan fingerprint density at radius 3 is 2.50 bits per heavy atom. The zero-order valence-corrected chi connectivity index (χ0v) is 9.62. The quantitative estimate of drug-likeness (QED) is 0.791. The second-order valence-corrected chi connectivity index (χ2v) is 4.34. The van der Waals surface area contributed by atoms with E-state index >= 15 is 0 Å². The Kier molecular flexibility index (Phi) is 3.14. The molecule has 1 aliphatic rings. The molecule has 0 radical (unpaired) electrons. The minimum Gasteiger partial charge on any atom is -0.497 e. The number of hydrogen-bond donors (Lipinski definition) is 0. The summed E-state index contributed by atoms with van der Waals surface area (Å²) in [6.45, 7) is 0. The number of rotatable bonds is 2. The zero-order valence-electron chi connectivity index (χ0n) is 8.80. The Bertz CT molecular complexity index is 400. The molecule has 4 nitrogen and oxygen atoms in total. The van der Waals surface area contributed by atoms with Crippen molar-refractivity contribution in [1.82, 2.24) is 0 Å². The Morgan fingerprint density at radius 2 is 1.94 bits per heavy atom. The van der Waals surface area contributed by atoms with Crippen LogP contribution < -0.4 is 9.64 Å². The highest BCUT2D eigenvalue weighted by atomic mass is 32.2. The molecule has 1 aliphatic heterocycles. The molecule has 0 atom stereocenters. The highest BCUT2D eigenvalue weighted by Gasteiger charge is 2.27. The fourth-order valence-corrected chi connectivity index (χ4v) is 2.27. The summed E-state index contributed by atoms with van der Waals surface area (Å²) in [4.78, 5) is 24.4. The molecule has 0 aliphatic carbocycles. The molecule has 0 N–H and O–H groups in total. The molecule has 5 heteroatoms. The van der Waals surface area contributed by atoms with E-state index in [0.29, 0.717) is 23.6 Å². The molecule has 1 heterocycles. The van der Waals surface area contributed by atoms with Gasteiger partial charge in [0.15, 0.2) is 0 Å². The van der Waals surface area contributed by atoms with Crippen LogP contribution in [-0.2, 0) is 4.79 Å². The maximum absolute atomic E-state index is 11.6. The third-order valence-electron chi connectivity index (χ3n) is 2.30. The number of thioether (sulfide) groups is 1. The molecule has 1 fully saturated rings. The van der Waals surface area contributed by atoms with Crippen LogP contribution in [0.4, 0.5) is 10.5 Å². The summed E-state index contributed by atoms with van der Waals surface area (Å²) in [5.74, 6) is 1.13. The van der Waals surface area contributed by atoms with Crippen LogP contribution in [0.15, 0.2) is 24.3 Å². The molecule has 16 heavy (non-hydrogen) atoms. The van der Waals surface area contributed by atoms with Gasteiger partial charge in [0.25, 0.3) is 5.24 Å². The fraction of sp³-hybridized carbons (Fsp3) is 0.273. The first kappa shape index (κ1) is 11.0. The van der Waals surface area contributed by atoms with Crippen LogP contribution in [0.1, 0.15) is 6.42 Å². The smallest absolute Gasteiger partial charge is 0.292 e. The molecule has 1 saturated heterocycles. The molecular formula is C11H11NO3S. The standard InChI is InChI=1S/C11H11NO3S/c1-15-9-4-2-8(3-5-9)12-10(13)6-7-16-11(12)14/h2-5H,6-7H2,1H3. The molecular weight excluding hydrogens is 226 g/mol. The Balaban J connectivity index is 2.27. The number of carbonyl (C=O) groups excluding carboxylic acids is 2. The summed E-state index contributed by atoms with van der Waals surface area (Å²) >= 11 is 1.17. The lowest BCUT2D eigenvalue weighted by Gasteiger charge is -2.24. The van der Waals surface area contributed by atoms with Gasteiger partial charge in [-0.1, -0.05) is 11.8 Å². The number of ether oxygens (including phenoxy) is 1. The van der Waals surface area contributed by atoms with Crippen molar-refractivity contribution in [3.05, 3.63) is 24.3 Å². The lowest BCUT2D eigenvalue weighted by atomic mass is 10.2. The molecule has 1 aromatic carbocycles. The number of nitrogens with zero attached hydrogens (tertiary/aromatic N) is 1. The molecule has 2 amide bonds. The zero-order chi connectivity index (χ0) is 11.5. The molecule has 1 aromatic rings. The summed E-state index contributed by atoms with van der Waals surface area (Å²) in [6.07, 6.45) is 0.405. The van der Waals surface area contributed by atoms with Crippen molar-refractivity contribution in [2.75, 3.05) is 17.8 Å². The second-order valence-electron chi connectivity index (χ2n) is 3.29. The topological polar surface area (TPSA) is 46.6 Å². The van der Waals surface area contributed by atoms with E-state index in [1.165, 1.54) is 16.7 Å². The monoisotopic (exact) mass is 237 g/mol. The van der Waals surface area contributed by atoms with Gasteiger partial charge < -0.3 is 4.74 Å². The van der Waals surface area contributed by atoms with Crippen LogP contribution in [0.5, 0.6) is 5.75 Å². The van der Waals surface area contributed by atoms with Gasteiger partial charge in [0.2, 0.25) is 5.91 Å². The van der Waals surface area contributed by atoms with E-state index in [2.05, 4.69) is 0 Å². The Hall–Kier alpha value is -1.49. The average molecular weight is 237 g/mol. The Labute approximate surface area is 97.6 Å². The predicted molar refractivity (Wildman–Crippen MR) is 63.0 cm³/mol. The lowest BCUT2D eigenvalue weighted by molar-refractivity contribution is -0.117. The third kappa shape index (κ3) is 2.04. The van der Waals surface area contributed by atoms with Gasteiger partial charge in [0.05, 0.1) is 12.8 Å². The van der Waals surface area contributed by atoms with Crippen molar-refractivity contribution in [3.63, 3.8) is 0 Å². The Morgan fingerprint density at radius 1 is 1.25 bits per heavy atom. The van der Waals surface area contributed by atoms with Crippen LogP contribution in [0.3, 0.4) is 0 Å². The highest BCUT2D eigenvalue weighted by molar-refractivity contribution is 8.14. The van der Waals surface area contributed by atoms with Gasteiger partial charge >= 0.3 is 0 Å². The van der Waals surface area contributed by atoms with Crippen LogP contribution in [0.25, 0.3) is 0 Å². The van der Waals surface area contributed by atoms with Crippen LogP contribution in [0.2, 0.25) is 0 Å². The van der Waals surface area contributed by atoms with E-state index in [-0.39, 0.29) is 11.1 Å². The van der Waals surface area contributed by atoms with Crippen LogP contribution >= 0.6 is 11.8 Å². The molecule has 2 rings (SSSR count). The van der Waals surface area contributed by atoms with Gasteiger partial charge in [-0.2, -0.15) is 0 Å². The number of imide groups is 1. The van der Waals surface area contributed by atoms with Crippen molar-refractivity contribution >= 4 is 28.6 Å². The summed E-state index contributed by atoms with van der Waals surface area (Å²) in [6, 6.07) is 6.88. The minimum absolute atomic E-state index is 0.145. The number of methoxy groups -OCH3 is 1. The number of benzene rings is 1. The van der Waals surface area contributed by atoms with Gasteiger partial charge in [-0.05, 0) is 24.3 Å². The lowest BCUT2D eigenvalue weighted by Crippen LogP contribution is -2.38. The molecule has 0 bridgehead atoms. The molecule has 0 unspecified atom stereocenters. The van der Waals surface area contributed by atoms with Crippen molar-refractivity contribution in [2.45, 2.75) is 6.42 Å². The van der Waals surface area contributed by atoms with Gasteiger partial charge in [-0.15, -0.1) is 0 Å². The fourth-order valence-electron chi connectivity index (χ4n) is 1.48.